The normalized spacial score (nSPS) is 11.5. The minimum atomic E-state index is -4.61. The number of hydrogen-bond acceptors (Lipinski definition) is 3. The van der Waals surface area contributed by atoms with Crippen LogP contribution in [-0.2, 0) is 10.9 Å². The van der Waals surface area contributed by atoms with Gasteiger partial charge in [-0.1, -0.05) is 48.0 Å². The molecular formula is C25H17ClF3NO3. The number of aromatic nitrogens is 1. The average molecular weight is 472 g/mol. The summed E-state index contributed by atoms with van der Waals surface area (Å²) in [5.41, 5.74) is -0.385. The molecule has 1 aromatic heterocycles. The Labute approximate surface area is 192 Å². The molecule has 0 aliphatic heterocycles. The van der Waals surface area contributed by atoms with Crippen LogP contribution in [0, 0.1) is 0 Å². The lowest BCUT2D eigenvalue weighted by atomic mass is 9.99. The fourth-order valence-corrected chi connectivity index (χ4v) is 3.81. The summed E-state index contributed by atoms with van der Waals surface area (Å²) in [4.78, 5) is 26.6. The number of carbonyl (C=O) groups excluding carboxylic acids is 2. The van der Waals surface area contributed by atoms with Crippen LogP contribution in [0.5, 0.6) is 0 Å². The van der Waals surface area contributed by atoms with E-state index in [1.807, 2.05) is 0 Å². The summed E-state index contributed by atoms with van der Waals surface area (Å²) in [6.07, 6.45) is -4.61. The van der Waals surface area contributed by atoms with Gasteiger partial charge in [-0.15, -0.1) is 0 Å². The highest BCUT2D eigenvalue weighted by molar-refractivity contribution is 6.30. The molecule has 0 unspecified atom stereocenters. The number of benzene rings is 3. The molecule has 3 aromatic carbocycles. The topological polar surface area (TPSA) is 48.3 Å². The van der Waals surface area contributed by atoms with Gasteiger partial charge in [-0.25, -0.2) is 4.79 Å². The van der Waals surface area contributed by atoms with Gasteiger partial charge < -0.3 is 9.30 Å². The molecular weight excluding hydrogens is 455 g/mol. The second kappa shape index (κ2) is 8.75. The summed E-state index contributed by atoms with van der Waals surface area (Å²) < 4.78 is 47.1. The monoisotopic (exact) mass is 471 g/mol. The number of ketones is 1. The molecule has 0 saturated heterocycles. The van der Waals surface area contributed by atoms with E-state index in [0.717, 1.165) is 12.1 Å². The first-order valence-corrected chi connectivity index (χ1v) is 10.4. The summed E-state index contributed by atoms with van der Waals surface area (Å²) in [5, 5.41) is 0.610. The van der Waals surface area contributed by atoms with Crippen molar-refractivity contribution in [3.8, 4) is 5.69 Å². The molecule has 8 heteroatoms. The van der Waals surface area contributed by atoms with Gasteiger partial charge in [0.25, 0.3) is 0 Å². The molecule has 168 valence electrons. The van der Waals surface area contributed by atoms with Crippen molar-refractivity contribution < 1.29 is 27.5 Å². The van der Waals surface area contributed by atoms with E-state index in [-0.39, 0.29) is 34.3 Å². The molecule has 0 spiro atoms. The number of rotatable bonds is 5. The smallest absolute Gasteiger partial charge is 0.416 e. The SMILES string of the molecule is CCOC(=O)c1c(C(=O)c2ccccc2)c2ccc(C(F)(F)F)cc2n1-c1ccc(Cl)cc1. The van der Waals surface area contributed by atoms with Crippen molar-refractivity contribution in [1.29, 1.82) is 0 Å². The minimum absolute atomic E-state index is 0.0216. The second-order valence-corrected chi connectivity index (χ2v) is 7.62. The van der Waals surface area contributed by atoms with Gasteiger partial charge in [-0.2, -0.15) is 13.2 Å². The molecule has 4 aromatic rings. The van der Waals surface area contributed by atoms with Gasteiger partial charge in [0.05, 0.1) is 23.3 Å². The lowest BCUT2D eigenvalue weighted by Gasteiger charge is -2.12. The fraction of sp³-hybridized carbons (Fsp3) is 0.120. The Morgan fingerprint density at radius 2 is 1.64 bits per heavy atom. The van der Waals surface area contributed by atoms with Crippen LogP contribution in [0.15, 0.2) is 72.8 Å². The Bertz CT molecular complexity index is 1340. The molecule has 1 heterocycles. The predicted octanol–water partition coefficient (Wildman–Crippen LogP) is 6.71. The summed E-state index contributed by atoms with van der Waals surface area (Å²) in [6, 6.07) is 17.4. The van der Waals surface area contributed by atoms with Gasteiger partial charge in [0.2, 0.25) is 0 Å². The standard InChI is InChI=1S/C25H17ClF3NO3/c1-2-33-24(32)22-21(23(31)15-6-4-3-5-7-15)19-13-8-16(25(27,28)29)14-20(19)30(22)18-11-9-17(26)10-12-18/h3-14H,2H2,1H3. The van der Waals surface area contributed by atoms with Gasteiger partial charge in [-0.3, -0.25) is 4.79 Å². The van der Waals surface area contributed by atoms with E-state index in [0.29, 0.717) is 10.7 Å². The van der Waals surface area contributed by atoms with Gasteiger partial charge in [0.1, 0.15) is 5.69 Å². The van der Waals surface area contributed by atoms with Crippen LogP contribution >= 0.6 is 11.6 Å². The van der Waals surface area contributed by atoms with E-state index in [2.05, 4.69) is 0 Å². The first-order chi connectivity index (χ1) is 15.7. The van der Waals surface area contributed by atoms with Crippen LogP contribution in [0.4, 0.5) is 13.2 Å². The Hall–Kier alpha value is -3.58. The molecule has 0 fully saturated rings. The Balaban J connectivity index is 2.13. The predicted molar refractivity (Wildman–Crippen MR) is 119 cm³/mol. The molecule has 0 atom stereocenters. The molecule has 0 aliphatic carbocycles. The number of hydrogen-bond donors (Lipinski definition) is 0. The maximum absolute atomic E-state index is 13.5. The molecule has 0 saturated carbocycles. The lowest BCUT2D eigenvalue weighted by Crippen LogP contribution is -2.16. The van der Waals surface area contributed by atoms with Crippen molar-refractivity contribution in [3.63, 3.8) is 0 Å². The molecule has 0 amide bonds. The highest BCUT2D eigenvalue weighted by atomic mass is 35.5. The lowest BCUT2D eigenvalue weighted by molar-refractivity contribution is -0.137. The number of halogens is 4. The van der Waals surface area contributed by atoms with Crippen LogP contribution in [-0.4, -0.2) is 22.9 Å². The molecule has 0 aliphatic rings. The van der Waals surface area contributed by atoms with E-state index >= 15 is 0 Å². The summed E-state index contributed by atoms with van der Waals surface area (Å²) in [6.45, 7) is 1.63. The van der Waals surface area contributed by atoms with Crippen LogP contribution in [0.1, 0.15) is 38.9 Å². The number of esters is 1. The third-order valence-electron chi connectivity index (χ3n) is 5.11. The highest BCUT2D eigenvalue weighted by Crippen LogP contribution is 2.37. The minimum Gasteiger partial charge on any atom is -0.461 e. The van der Waals surface area contributed by atoms with Crippen molar-refractivity contribution in [2.45, 2.75) is 13.1 Å². The number of nitrogens with zero attached hydrogens (tertiary/aromatic N) is 1. The first-order valence-electron chi connectivity index (χ1n) is 10.0. The summed E-state index contributed by atoms with van der Waals surface area (Å²) in [5.74, 6) is -1.33. The van der Waals surface area contributed by atoms with Crippen molar-refractivity contribution >= 4 is 34.3 Å². The molecule has 0 bridgehead atoms. The van der Waals surface area contributed by atoms with Crippen molar-refractivity contribution in [2.75, 3.05) is 6.61 Å². The zero-order chi connectivity index (χ0) is 23.8. The summed E-state index contributed by atoms with van der Waals surface area (Å²) in [7, 11) is 0. The molecule has 0 radical (unpaired) electrons. The molecule has 0 N–H and O–H groups in total. The third-order valence-corrected chi connectivity index (χ3v) is 5.36. The number of carbonyl (C=O) groups is 2. The highest BCUT2D eigenvalue weighted by Gasteiger charge is 2.34. The van der Waals surface area contributed by atoms with Crippen LogP contribution in [0.2, 0.25) is 5.02 Å². The van der Waals surface area contributed by atoms with Crippen molar-refractivity contribution in [1.82, 2.24) is 4.57 Å². The Morgan fingerprint density at radius 1 is 0.970 bits per heavy atom. The first kappa shape index (κ1) is 22.6. The quantitative estimate of drug-likeness (QED) is 0.240. The Kier molecular flexibility index (Phi) is 5.99. The third kappa shape index (κ3) is 4.24. The fourth-order valence-electron chi connectivity index (χ4n) is 3.68. The number of ether oxygens (including phenoxy) is 1. The van der Waals surface area contributed by atoms with E-state index in [4.69, 9.17) is 16.3 Å². The van der Waals surface area contributed by atoms with E-state index < -0.39 is 23.5 Å². The van der Waals surface area contributed by atoms with Gasteiger partial charge in [0.15, 0.2) is 5.78 Å². The molecule has 4 nitrogen and oxygen atoms in total. The second-order valence-electron chi connectivity index (χ2n) is 7.18. The largest absolute Gasteiger partial charge is 0.461 e. The molecule has 4 rings (SSSR count). The molecule has 33 heavy (non-hydrogen) atoms. The van der Waals surface area contributed by atoms with Gasteiger partial charge in [-0.05, 0) is 43.3 Å². The zero-order valence-corrected chi connectivity index (χ0v) is 18.1. The van der Waals surface area contributed by atoms with Crippen molar-refractivity contribution in [2.24, 2.45) is 0 Å². The van der Waals surface area contributed by atoms with Crippen LogP contribution in [0.25, 0.3) is 16.6 Å². The van der Waals surface area contributed by atoms with Crippen LogP contribution < -0.4 is 0 Å². The zero-order valence-electron chi connectivity index (χ0n) is 17.3. The van der Waals surface area contributed by atoms with E-state index in [1.165, 1.54) is 10.6 Å². The Morgan fingerprint density at radius 3 is 2.24 bits per heavy atom. The van der Waals surface area contributed by atoms with Crippen LogP contribution in [0.3, 0.4) is 0 Å². The number of fused-ring (bicyclic) bond motifs is 1. The maximum Gasteiger partial charge on any atom is 0.416 e. The van der Waals surface area contributed by atoms with Crippen molar-refractivity contribution in [3.05, 3.63) is 100 Å². The number of alkyl halides is 3. The van der Waals surface area contributed by atoms with Gasteiger partial charge in [0, 0.05) is 21.7 Å². The summed E-state index contributed by atoms with van der Waals surface area (Å²) >= 11 is 5.99. The average Bonchev–Trinajstić information content (AvgIpc) is 3.14. The maximum atomic E-state index is 13.5. The van der Waals surface area contributed by atoms with E-state index in [1.54, 1.807) is 61.5 Å². The van der Waals surface area contributed by atoms with Gasteiger partial charge >= 0.3 is 12.1 Å². The van der Waals surface area contributed by atoms with E-state index in [9.17, 15) is 22.8 Å².